The SMILES string of the molecule is CN(C)CCc1ccsc1. The third kappa shape index (κ3) is 2.50. The molecule has 0 bridgehead atoms. The maximum absolute atomic E-state index is 2.21. The molecule has 0 radical (unpaired) electrons. The molecule has 0 aliphatic rings. The fourth-order valence-corrected chi connectivity index (χ4v) is 1.49. The van der Waals surface area contributed by atoms with Gasteiger partial charge in [-0.15, -0.1) is 0 Å². The summed E-state index contributed by atoms with van der Waals surface area (Å²) in [5.41, 5.74) is 1.46. The highest BCUT2D eigenvalue weighted by atomic mass is 32.1. The van der Waals surface area contributed by atoms with Crippen LogP contribution in [0.3, 0.4) is 0 Å². The molecule has 0 amide bonds. The van der Waals surface area contributed by atoms with E-state index in [1.807, 2.05) is 0 Å². The third-order valence-electron chi connectivity index (χ3n) is 1.43. The van der Waals surface area contributed by atoms with E-state index in [1.165, 1.54) is 12.0 Å². The van der Waals surface area contributed by atoms with Crippen LogP contribution in [0.4, 0.5) is 0 Å². The van der Waals surface area contributed by atoms with Crippen molar-refractivity contribution in [2.75, 3.05) is 20.6 Å². The van der Waals surface area contributed by atoms with Crippen molar-refractivity contribution >= 4 is 11.3 Å². The van der Waals surface area contributed by atoms with Crippen molar-refractivity contribution in [3.63, 3.8) is 0 Å². The van der Waals surface area contributed by atoms with E-state index >= 15 is 0 Å². The molecular formula is C8H13NS. The highest BCUT2D eigenvalue weighted by Crippen LogP contribution is 2.06. The molecule has 0 saturated carbocycles. The van der Waals surface area contributed by atoms with Gasteiger partial charge in [-0.05, 0) is 42.9 Å². The first kappa shape index (κ1) is 7.76. The van der Waals surface area contributed by atoms with Crippen LogP contribution in [0.5, 0.6) is 0 Å². The molecule has 0 atom stereocenters. The highest BCUT2D eigenvalue weighted by Gasteiger charge is 1.93. The molecule has 1 heterocycles. The van der Waals surface area contributed by atoms with Crippen molar-refractivity contribution in [3.05, 3.63) is 22.4 Å². The van der Waals surface area contributed by atoms with Crippen LogP contribution in [0.15, 0.2) is 16.8 Å². The van der Waals surface area contributed by atoms with E-state index in [-0.39, 0.29) is 0 Å². The Labute approximate surface area is 66.3 Å². The Morgan fingerprint density at radius 3 is 2.80 bits per heavy atom. The predicted octanol–water partition coefficient (Wildman–Crippen LogP) is 1.85. The second-order valence-corrected chi connectivity index (χ2v) is 3.46. The van der Waals surface area contributed by atoms with Crippen molar-refractivity contribution in [1.82, 2.24) is 4.90 Å². The number of likely N-dealkylation sites (N-methyl/N-ethyl adjacent to an activating group) is 1. The molecular weight excluding hydrogens is 142 g/mol. The van der Waals surface area contributed by atoms with Gasteiger partial charge in [0.15, 0.2) is 0 Å². The fraction of sp³-hybridized carbons (Fsp3) is 0.500. The largest absolute Gasteiger partial charge is 0.309 e. The smallest absolute Gasteiger partial charge is 0.00160 e. The van der Waals surface area contributed by atoms with Crippen molar-refractivity contribution in [3.8, 4) is 0 Å². The van der Waals surface area contributed by atoms with E-state index in [4.69, 9.17) is 0 Å². The first-order valence-corrected chi connectivity index (χ1v) is 4.39. The van der Waals surface area contributed by atoms with Crippen LogP contribution in [0.1, 0.15) is 5.56 Å². The van der Waals surface area contributed by atoms with Gasteiger partial charge in [0.25, 0.3) is 0 Å². The van der Waals surface area contributed by atoms with Crippen molar-refractivity contribution in [1.29, 1.82) is 0 Å². The summed E-state index contributed by atoms with van der Waals surface area (Å²) in [5, 5.41) is 4.34. The summed E-state index contributed by atoms with van der Waals surface area (Å²) in [6.07, 6.45) is 1.18. The summed E-state index contributed by atoms with van der Waals surface area (Å²) < 4.78 is 0. The summed E-state index contributed by atoms with van der Waals surface area (Å²) in [4.78, 5) is 2.21. The molecule has 1 aromatic heterocycles. The van der Waals surface area contributed by atoms with Crippen LogP contribution in [0.2, 0.25) is 0 Å². The quantitative estimate of drug-likeness (QED) is 0.644. The zero-order valence-electron chi connectivity index (χ0n) is 6.50. The van der Waals surface area contributed by atoms with Crippen LogP contribution in [0.25, 0.3) is 0 Å². The van der Waals surface area contributed by atoms with Gasteiger partial charge in [-0.1, -0.05) is 0 Å². The standard InChI is InChI=1S/C8H13NS/c1-9(2)5-3-8-4-6-10-7-8/h4,6-7H,3,5H2,1-2H3. The summed E-state index contributed by atoms with van der Waals surface area (Å²) >= 11 is 1.77. The minimum absolute atomic E-state index is 1.15. The molecule has 0 fully saturated rings. The molecule has 0 aliphatic carbocycles. The van der Waals surface area contributed by atoms with E-state index < -0.39 is 0 Å². The number of nitrogens with zero attached hydrogens (tertiary/aromatic N) is 1. The second-order valence-electron chi connectivity index (χ2n) is 2.68. The maximum atomic E-state index is 2.21. The predicted molar refractivity (Wildman–Crippen MR) is 46.6 cm³/mol. The molecule has 0 spiro atoms. The van der Waals surface area contributed by atoms with Gasteiger partial charge in [0.2, 0.25) is 0 Å². The monoisotopic (exact) mass is 155 g/mol. The van der Waals surface area contributed by atoms with Crippen LogP contribution in [-0.4, -0.2) is 25.5 Å². The molecule has 1 nitrogen and oxygen atoms in total. The number of hydrogen-bond donors (Lipinski definition) is 0. The number of hydrogen-bond acceptors (Lipinski definition) is 2. The zero-order valence-corrected chi connectivity index (χ0v) is 7.32. The zero-order chi connectivity index (χ0) is 7.40. The first-order chi connectivity index (χ1) is 4.79. The Morgan fingerprint density at radius 2 is 2.30 bits per heavy atom. The lowest BCUT2D eigenvalue weighted by molar-refractivity contribution is 0.414. The van der Waals surface area contributed by atoms with Crippen LogP contribution >= 0.6 is 11.3 Å². The topological polar surface area (TPSA) is 3.24 Å². The fourth-order valence-electron chi connectivity index (χ4n) is 0.788. The van der Waals surface area contributed by atoms with Crippen molar-refractivity contribution in [2.45, 2.75) is 6.42 Å². The van der Waals surface area contributed by atoms with E-state index in [0.29, 0.717) is 0 Å². The lowest BCUT2D eigenvalue weighted by Crippen LogP contribution is -2.14. The van der Waals surface area contributed by atoms with E-state index in [1.54, 1.807) is 11.3 Å². The van der Waals surface area contributed by atoms with Gasteiger partial charge in [-0.25, -0.2) is 0 Å². The first-order valence-electron chi connectivity index (χ1n) is 3.45. The Kier molecular flexibility index (Phi) is 2.90. The van der Waals surface area contributed by atoms with E-state index in [9.17, 15) is 0 Å². The van der Waals surface area contributed by atoms with Gasteiger partial charge in [0.05, 0.1) is 0 Å². The molecule has 0 aliphatic heterocycles. The van der Waals surface area contributed by atoms with Crippen molar-refractivity contribution < 1.29 is 0 Å². The van der Waals surface area contributed by atoms with Crippen LogP contribution < -0.4 is 0 Å². The molecule has 0 unspecified atom stereocenters. The lowest BCUT2D eigenvalue weighted by Gasteiger charge is -2.06. The van der Waals surface area contributed by atoms with Crippen LogP contribution in [0, 0.1) is 0 Å². The normalized spacial score (nSPS) is 10.7. The summed E-state index contributed by atoms with van der Waals surface area (Å²) in [6.45, 7) is 1.15. The van der Waals surface area contributed by atoms with Crippen molar-refractivity contribution in [2.24, 2.45) is 0 Å². The molecule has 0 saturated heterocycles. The average molecular weight is 155 g/mol. The van der Waals surface area contributed by atoms with E-state index in [0.717, 1.165) is 6.54 Å². The van der Waals surface area contributed by atoms with E-state index in [2.05, 4.69) is 35.8 Å². The Bertz CT molecular complexity index is 167. The lowest BCUT2D eigenvalue weighted by atomic mass is 10.2. The average Bonchev–Trinajstić information content (AvgIpc) is 2.34. The van der Waals surface area contributed by atoms with Gasteiger partial charge < -0.3 is 4.90 Å². The molecule has 56 valence electrons. The Morgan fingerprint density at radius 1 is 1.50 bits per heavy atom. The van der Waals surface area contributed by atoms with Gasteiger partial charge in [-0.2, -0.15) is 11.3 Å². The minimum atomic E-state index is 1.15. The van der Waals surface area contributed by atoms with Gasteiger partial charge in [0.1, 0.15) is 0 Å². The summed E-state index contributed by atoms with van der Waals surface area (Å²) in [6, 6.07) is 2.19. The van der Waals surface area contributed by atoms with Gasteiger partial charge in [0, 0.05) is 6.54 Å². The molecule has 2 heteroatoms. The molecule has 0 aromatic carbocycles. The summed E-state index contributed by atoms with van der Waals surface area (Å²) in [5.74, 6) is 0. The molecule has 1 rings (SSSR count). The number of rotatable bonds is 3. The second kappa shape index (κ2) is 3.74. The maximum Gasteiger partial charge on any atom is 0.00160 e. The van der Waals surface area contributed by atoms with Gasteiger partial charge >= 0.3 is 0 Å². The molecule has 10 heavy (non-hydrogen) atoms. The summed E-state index contributed by atoms with van der Waals surface area (Å²) in [7, 11) is 4.21. The van der Waals surface area contributed by atoms with Gasteiger partial charge in [-0.3, -0.25) is 0 Å². The highest BCUT2D eigenvalue weighted by molar-refractivity contribution is 7.07. The number of thiophene rings is 1. The third-order valence-corrected chi connectivity index (χ3v) is 2.16. The van der Waals surface area contributed by atoms with Crippen LogP contribution in [-0.2, 0) is 6.42 Å². The Balaban J connectivity index is 2.28. The Hall–Kier alpha value is -0.340. The molecule has 1 aromatic rings. The minimum Gasteiger partial charge on any atom is -0.309 e. The molecule has 0 N–H and O–H groups in total.